The van der Waals surface area contributed by atoms with Gasteiger partial charge in [0.25, 0.3) is 0 Å². The van der Waals surface area contributed by atoms with Crippen LogP contribution in [-0.2, 0) is 48.0 Å². The van der Waals surface area contributed by atoms with E-state index in [1.54, 1.807) is 36.7 Å². The van der Waals surface area contributed by atoms with Crippen LogP contribution in [0.1, 0.15) is 23.1 Å². The molecule has 53 heavy (non-hydrogen) atoms. The molecule has 0 aliphatic heterocycles. The van der Waals surface area contributed by atoms with Crippen LogP contribution in [0.2, 0.25) is 5.02 Å². The Morgan fingerprint density at radius 1 is 0.642 bits per heavy atom. The number of H-pyrrole nitrogens is 2. The van der Waals surface area contributed by atoms with Crippen molar-refractivity contribution >= 4 is 69.0 Å². The molecule has 11 N–H and O–H groups in total. The lowest BCUT2D eigenvalue weighted by Gasteiger charge is -2.26. The van der Waals surface area contributed by atoms with Gasteiger partial charge >= 0.3 is 11.9 Å². The number of amides is 4. The van der Waals surface area contributed by atoms with Crippen molar-refractivity contribution in [1.29, 1.82) is 0 Å². The Bertz CT molecular complexity index is 2130. The summed E-state index contributed by atoms with van der Waals surface area (Å²) in [5, 5.41) is 28.5. The summed E-state index contributed by atoms with van der Waals surface area (Å²) in [5.74, 6) is -9.07. The van der Waals surface area contributed by atoms with Gasteiger partial charge in [-0.2, -0.15) is 0 Å². The van der Waals surface area contributed by atoms with Crippen LogP contribution < -0.4 is 27.4 Å². The highest BCUT2D eigenvalue weighted by Crippen LogP contribution is 2.21. The molecule has 0 unspecified atom stereocenters. The van der Waals surface area contributed by atoms with Gasteiger partial charge in [0.05, 0.1) is 6.04 Å². The predicted molar refractivity (Wildman–Crippen MR) is 196 cm³/mol. The van der Waals surface area contributed by atoms with Gasteiger partial charge in [-0.1, -0.05) is 60.1 Å². The van der Waals surface area contributed by atoms with Crippen LogP contribution in [0.5, 0.6) is 0 Å². The molecule has 2 heterocycles. The number of para-hydroxylation sites is 2. The second kappa shape index (κ2) is 16.9. The van der Waals surface area contributed by atoms with Gasteiger partial charge in [0.1, 0.15) is 18.1 Å². The molecular weight excluding hydrogens is 706 g/mol. The number of carboxylic acids is 2. The van der Waals surface area contributed by atoms with Crippen molar-refractivity contribution < 1.29 is 39.0 Å². The highest BCUT2D eigenvalue weighted by molar-refractivity contribution is 6.30. The lowest BCUT2D eigenvalue weighted by atomic mass is 9.98. The van der Waals surface area contributed by atoms with E-state index in [9.17, 15) is 39.0 Å². The number of nitrogens with two attached hydrogens (primary N) is 2. The number of halogens is 1. The van der Waals surface area contributed by atoms with E-state index < -0.39 is 72.1 Å². The molecule has 3 aromatic carbocycles. The monoisotopic (exact) mass is 743 g/mol. The number of hydrogen-bond acceptors (Lipinski definition) is 7. The molecule has 4 amide bonds. The fourth-order valence-corrected chi connectivity index (χ4v) is 6.16. The number of nitrogens with one attached hydrogen (secondary N) is 5. The zero-order chi connectivity index (χ0) is 38.2. The maximum absolute atomic E-state index is 14.2. The fraction of sp³-hybridized carbons (Fsp3) is 0.243. The number of carbonyl (C=O) groups excluding carboxylic acids is 4. The van der Waals surface area contributed by atoms with E-state index in [0.29, 0.717) is 16.1 Å². The quantitative estimate of drug-likeness (QED) is 0.0628. The van der Waals surface area contributed by atoms with Crippen molar-refractivity contribution in [1.82, 2.24) is 25.9 Å². The number of fused-ring (bicyclic) bond motifs is 2. The Morgan fingerprint density at radius 2 is 1.11 bits per heavy atom. The van der Waals surface area contributed by atoms with Crippen LogP contribution in [0.3, 0.4) is 0 Å². The molecule has 0 saturated carbocycles. The number of carboxylic acid groups (broad SMARTS) is 2. The smallest absolute Gasteiger partial charge is 0.317 e. The molecule has 5 rings (SSSR count). The third-order valence-electron chi connectivity index (χ3n) is 8.90. The van der Waals surface area contributed by atoms with Crippen molar-refractivity contribution in [3.63, 3.8) is 0 Å². The minimum absolute atomic E-state index is 0.0144. The molecule has 276 valence electrons. The molecule has 0 aliphatic rings. The van der Waals surface area contributed by atoms with Gasteiger partial charge in [-0.3, -0.25) is 28.8 Å². The summed E-state index contributed by atoms with van der Waals surface area (Å²) in [6.45, 7) is 0. The van der Waals surface area contributed by atoms with Crippen molar-refractivity contribution in [2.45, 2.75) is 49.9 Å². The number of hydrogen-bond donors (Lipinski definition) is 9. The van der Waals surface area contributed by atoms with Gasteiger partial charge in [0.2, 0.25) is 23.6 Å². The van der Waals surface area contributed by atoms with Gasteiger partial charge < -0.3 is 47.6 Å². The largest absolute Gasteiger partial charge is 0.481 e. The van der Waals surface area contributed by atoms with Gasteiger partial charge in [-0.05, 0) is 47.4 Å². The third-order valence-corrected chi connectivity index (χ3v) is 9.15. The van der Waals surface area contributed by atoms with E-state index in [0.717, 1.165) is 27.4 Å². The van der Waals surface area contributed by atoms with E-state index in [4.69, 9.17) is 23.1 Å². The number of carbonyl (C=O) groups is 6. The minimum Gasteiger partial charge on any atom is -0.481 e. The summed E-state index contributed by atoms with van der Waals surface area (Å²) >= 11 is 6.05. The predicted octanol–water partition coefficient (Wildman–Crippen LogP) is 1.77. The number of aliphatic carboxylic acids is 2. The highest BCUT2D eigenvalue weighted by Gasteiger charge is 2.35. The molecular formula is C37H38ClN7O8. The molecule has 2 aromatic heterocycles. The Balaban J connectivity index is 1.41. The summed E-state index contributed by atoms with van der Waals surface area (Å²) in [6.07, 6.45) is 2.62. The molecule has 0 spiro atoms. The van der Waals surface area contributed by atoms with Gasteiger partial charge in [-0.15, -0.1) is 0 Å². The van der Waals surface area contributed by atoms with Crippen molar-refractivity contribution in [2.75, 3.05) is 0 Å². The first-order valence-corrected chi connectivity index (χ1v) is 16.9. The van der Waals surface area contributed by atoms with Crippen LogP contribution in [0.15, 0.2) is 85.2 Å². The second-order valence-corrected chi connectivity index (χ2v) is 13.1. The van der Waals surface area contributed by atoms with E-state index >= 15 is 0 Å². The van der Waals surface area contributed by atoms with E-state index in [1.807, 2.05) is 48.5 Å². The first kappa shape index (κ1) is 38.1. The Labute approximate surface area is 307 Å². The SMILES string of the molecule is NC(=O)[C@H](CC(C(=O)O)C(=O)O)NC(=O)[C@H](Cc1ccc(Cl)cc1)NC(=O)[C@@H](Cc1c[nH]c2ccccc12)NC(=O)[C@H](N)Cc1c[nH]c2ccccc12. The maximum Gasteiger partial charge on any atom is 0.317 e. The lowest BCUT2D eigenvalue weighted by molar-refractivity contribution is -0.155. The minimum atomic E-state index is -2.05. The van der Waals surface area contributed by atoms with Crippen molar-refractivity contribution in [2.24, 2.45) is 17.4 Å². The lowest BCUT2D eigenvalue weighted by Crippen LogP contribution is -2.59. The average Bonchev–Trinajstić information content (AvgIpc) is 3.73. The maximum atomic E-state index is 14.2. The van der Waals surface area contributed by atoms with Gasteiger partial charge in [0, 0.05) is 58.5 Å². The number of primary amides is 1. The molecule has 15 nitrogen and oxygen atoms in total. The van der Waals surface area contributed by atoms with Crippen LogP contribution in [0.4, 0.5) is 0 Å². The summed E-state index contributed by atoms with van der Waals surface area (Å²) < 4.78 is 0. The Morgan fingerprint density at radius 3 is 1.64 bits per heavy atom. The Hall–Kier alpha value is -6.19. The van der Waals surface area contributed by atoms with Crippen LogP contribution in [0, 0.1) is 5.92 Å². The molecule has 0 fully saturated rings. The Kier molecular flexibility index (Phi) is 12.1. The van der Waals surface area contributed by atoms with Crippen molar-refractivity contribution in [3.8, 4) is 0 Å². The standard InChI is InChI=1S/C37H38ClN7O8/c38-22-11-9-19(10-12-22)13-30(34(48)43-29(32(40)46)16-25(36(50)51)37(52)53)45-35(49)31(15-21-18-42-28-8-4-2-6-24(21)28)44-33(47)26(39)14-20-17-41-27-7-3-1-5-23(20)27/h1-12,17-18,25-26,29-31,41-42H,13-16,39H2,(H2,40,46)(H,43,48)(H,44,47)(H,45,49)(H,50,51)(H,52,53)/t26-,29+,30+,31-/m1/s1. The molecule has 0 bridgehead atoms. The van der Waals surface area contributed by atoms with Crippen LogP contribution in [-0.4, -0.2) is 79.9 Å². The van der Waals surface area contributed by atoms with Crippen molar-refractivity contribution in [3.05, 3.63) is 107 Å². The fourth-order valence-electron chi connectivity index (χ4n) is 6.04. The number of aromatic amines is 2. The number of rotatable bonds is 17. The average molecular weight is 744 g/mol. The zero-order valence-corrected chi connectivity index (χ0v) is 28.9. The van der Waals surface area contributed by atoms with E-state index in [1.165, 1.54) is 0 Å². The zero-order valence-electron chi connectivity index (χ0n) is 28.2. The summed E-state index contributed by atoms with van der Waals surface area (Å²) in [4.78, 5) is 83.2. The first-order valence-electron chi connectivity index (χ1n) is 16.6. The third kappa shape index (κ3) is 9.58. The summed E-state index contributed by atoms with van der Waals surface area (Å²) in [6, 6.07) is 15.8. The normalized spacial score (nSPS) is 13.6. The summed E-state index contributed by atoms with van der Waals surface area (Å²) in [5.41, 5.74) is 15.5. The van der Waals surface area contributed by atoms with Crippen LogP contribution in [0.25, 0.3) is 21.8 Å². The summed E-state index contributed by atoms with van der Waals surface area (Å²) in [7, 11) is 0. The molecule has 16 heteroatoms. The highest BCUT2D eigenvalue weighted by atomic mass is 35.5. The van der Waals surface area contributed by atoms with Crippen LogP contribution >= 0.6 is 11.6 Å². The first-order chi connectivity index (χ1) is 25.3. The number of benzene rings is 3. The molecule has 4 atom stereocenters. The van der Waals surface area contributed by atoms with E-state index in [2.05, 4.69) is 25.9 Å². The van der Waals surface area contributed by atoms with E-state index in [-0.39, 0.29) is 19.3 Å². The molecule has 5 aromatic rings. The topological polar surface area (TPSA) is 263 Å². The molecule has 0 aliphatic carbocycles. The molecule has 0 radical (unpaired) electrons. The number of aromatic nitrogens is 2. The van der Waals surface area contributed by atoms with Gasteiger partial charge in [-0.25, -0.2) is 0 Å². The second-order valence-electron chi connectivity index (χ2n) is 12.6. The van der Waals surface area contributed by atoms with Gasteiger partial charge in [0.15, 0.2) is 5.92 Å². The molecule has 0 saturated heterocycles.